The van der Waals surface area contributed by atoms with E-state index < -0.39 is 23.6 Å². The fourth-order valence-corrected chi connectivity index (χ4v) is 1.08. The lowest BCUT2D eigenvalue weighted by Gasteiger charge is -2.00. The molecule has 64 valence electrons. The Balaban J connectivity index is 2.51. The number of hydrogen-bond donors (Lipinski definition) is 0. The molecule has 0 saturated carbocycles. The molecule has 1 nitrogen and oxygen atoms in total. The van der Waals surface area contributed by atoms with Gasteiger partial charge in [-0.15, -0.1) is 0 Å². The van der Waals surface area contributed by atoms with Crippen LogP contribution < -0.4 is 0 Å². The van der Waals surface area contributed by atoms with E-state index in [4.69, 9.17) is 4.74 Å². The van der Waals surface area contributed by atoms with E-state index in [0.717, 1.165) is 0 Å². The van der Waals surface area contributed by atoms with Gasteiger partial charge in [-0.3, -0.25) is 0 Å². The summed E-state index contributed by atoms with van der Waals surface area (Å²) in [6.07, 6.45) is -0.523. The molecule has 0 spiro atoms. The molecule has 1 aromatic carbocycles. The predicted octanol–water partition coefficient (Wildman–Crippen LogP) is 2.18. The molecule has 1 saturated heterocycles. The SMILES string of the molecule is Fc1cc(F)c([C@@H]2CO2)c(F)c1. The van der Waals surface area contributed by atoms with Gasteiger partial charge in [0.15, 0.2) is 0 Å². The van der Waals surface area contributed by atoms with Crippen molar-refractivity contribution in [2.24, 2.45) is 0 Å². The maximum Gasteiger partial charge on any atom is 0.134 e. The Morgan fingerprint density at radius 3 is 2.08 bits per heavy atom. The molecule has 0 aliphatic carbocycles. The highest BCUT2D eigenvalue weighted by atomic mass is 19.1. The normalized spacial score (nSPS) is 21.1. The van der Waals surface area contributed by atoms with Gasteiger partial charge in [-0.05, 0) is 0 Å². The fourth-order valence-electron chi connectivity index (χ4n) is 1.08. The molecule has 0 N–H and O–H groups in total. The number of hydrogen-bond acceptors (Lipinski definition) is 1. The zero-order chi connectivity index (χ0) is 8.72. The summed E-state index contributed by atoms with van der Waals surface area (Å²) in [5.74, 6) is -2.67. The summed E-state index contributed by atoms with van der Waals surface area (Å²) in [6.45, 7) is 0.305. The lowest BCUT2D eigenvalue weighted by Crippen LogP contribution is -1.95. The first-order valence-electron chi connectivity index (χ1n) is 3.44. The van der Waals surface area contributed by atoms with Crippen LogP contribution in [0.25, 0.3) is 0 Å². The topological polar surface area (TPSA) is 12.5 Å². The molecule has 1 atom stereocenters. The van der Waals surface area contributed by atoms with Crippen LogP contribution in [0.2, 0.25) is 0 Å². The first kappa shape index (κ1) is 7.61. The molecule has 2 rings (SSSR count). The maximum absolute atomic E-state index is 12.8. The molecule has 1 aliphatic heterocycles. The average Bonchev–Trinajstić information content (AvgIpc) is 2.68. The van der Waals surface area contributed by atoms with Gasteiger partial charge in [-0.2, -0.15) is 0 Å². The van der Waals surface area contributed by atoms with Crippen LogP contribution in [-0.4, -0.2) is 6.61 Å². The van der Waals surface area contributed by atoms with Gasteiger partial charge < -0.3 is 4.74 Å². The van der Waals surface area contributed by atoms with Gasteiger partial charge in [-0.25, -0.2) is 13.2 Å². The number of rotatable bonds is 1. The largest absolute Gasteiger partial charge is 0.368 e. The van der Waals surface area contributed by atoms with Crippen molar-refractivity contribution in [3.8, 4) is 0 Å². The first-order valence-corrected chi connectivity index (χ1v) is 3.44. The van der Waals surface area contributed by atoms with Crippen molar-refractivity contribution in [2.75, 3.05) is 6.61 Å². The summed E-state index contributed by atoms with van der Waals surface area (Å²) < 4.78 is 42.7. The molecule has 12 heavy (non-hydrogen) atoms. The predicted molar refractivity (Wildman–Crippen MR) is 35.0 cm³/mol. The van der Waals surface area contributed by atoms with E-state index in [1.54, 1.807) is 0 Å². The van der Waals surface area contributed by atoms with Gasteiger partial charge in [0.2, 0.25) is 0 Å². The van der Waals surface area contributed by atoms with E-state index >= 15 is 0 Å². The minimum Gasteiger partial charge on any atom is -0.368 e. The minimum absolute atomic E-state index is 0.170. The second-order valence-electron chi connectivity index (χ2n) is 2.61. The van der Waals surface area contributed by atoms with Crippen LogP contribution in [0.3, 0.4) is 0 Å². The summed E-state index contributed by atoms with van der Waals surface area (Å²) in [6, 6.07) is 1.31. The highest BCUT2D eigenvalue weighted by molar-refractivity contribution is 5.25. The highest BCUT2D eigenvalue weighted by Gasteiger charge is 2.31. The van der Waals surface area contributed by atoms with Crippen LogP contribution in [0, 0.1) is 17.5 Å². The lowest BCUT2D eigenvalue weighted by atomic mass is 10.1. The third-order valence-electron chi connectivity index (χ3n) is 1.70. The summed E-state index contributed by atoms with van der Waals surface area (Å²) in [5, 5.41) is 0. The van der Waals surface area contributed by atoms with Crippen molar-refractivity contribution in [1.29, 1.82) is 0 Å². The summed E-state index contributed by atoms with van der Waals surface area (Å²) >= 11 is 0. The van der Waals surface area contributed by atoms with Crippen LogP contribution in [0.15, 0.2) is 12.1 Å². The van der Waals surface area contributed by atoms with Crippen LogP contribution in [0.1, 0.15) is 11.7 Å². The molecule has 0 radical (unpaired) electrons. The van der Waals surface area contributed by atoms with Crippen molar-refractivity contribution in [1.82, 2.24) is 0 Å². The molecule has 1 fully saturated rings. The Morgan fingerprint density at radius 2 is 1.67 bits per heavy atom. The van der Waals surface area contributed by atoms with Crippen molar-refractivity contribution < 1.29 is 17.9 Å². The Hall–Kier alpha value is -1.03. The quantitative estimate of drug-likeness (QED) is 0.594. The molecular weight excluding hydrogens is 169 g/mol. The van der Waals surface area contributed by atoms with E-state index in [2.05, 4.69) is 0 Å². The van der Waals surface area contributed by atoms with E-state index in [1.807, 2.05) is 0 Å². The summed E-state index contributed by atoms with van der Waals surface area (Å²) in [4.78, 5) is 0. The first-order chi connectivity index (χ1) is 5.68. The Labute approximate surface area is 66.8 Å². The van der Waals surface area contributed by atoms with Gasteiger partial charge in [0, 0.05) is 12.1 Å². The molecule has 0 amide bonds. The molecule has 0 aromatic heterocycles. The van der Waals surface area contributed by atoms with Crippen LogP contribution in [0.5, 0.6) is 0 Å². The molecule has 4 heteroatoms. The summed E-state index contributed by atoms with van der Waals surface area (Å²) in [7, 11) is 0. The van der Waals surface area contributed by atoms with Crippen LogP contribution in [-0.2, 0) is 4.74 Å². The Morgan fingerprint density at radius 1 is 1.17 bits per heavy atom. The molecule has 1 aliphatic rings. The zero-order valence-electron chi connectivity index (χ0n) is 5.98. The van der Waals surface area contributed by atoms with E-state index in [9.17, 15) is 13.2 Å². The number of halogens is 3. The fraction of sp³-hybridized carbons (Fsp3) is 0.250. The smallest absolute Gasteiger partial charge is 0.134 e. The minimum atomic E-state index is -0.908. The number of benzene rings is 1. The van der Waals surface area contributed by atoms with Gasteiger partial charge in [0.1, 0.15) is 23.6 Å². The maximum atomic E-state index is 12.8. The van der Waals surface area contributed by atoms with Crippen molar-refractivity contribution in [3.05, 3.63) is 35.1 Å². The highest BCUT2D eigenvalue weighted by Crippen LogP contribution is 2.33. The molecule has 0 unspecified atom stereocenters. The van der Waals surface area contributed by atoms with Crippen molar-refractivity contribution in [3.63, 3.8) is 0 Å². The molecule has 1 heterocycles. The third kappa shape index (κ3) is 1.18. The number of ether oxygens (including phenoxy) is 1. The van der Waals surface area contributed by atoms with Crippen molar-refractivity contribution >= 4 is 0 Å². The second-order valence-corrected chi connectivity index (χ2v) is 2.61. The van der Waals surface area contributed by atoms with Gasteiger partial charge in [-0.1, -0.05) is 0 Å². The van der Waals surface area contributed by atoms with E-state index in [-0.39, 0.29) is 5.56 Å². The van der Waals surface area contributed by atoms with Gasteiger partial charge >= 0.3 is 0 Å². The van der Waals surface area contributed by atoms with E-state index in [1.165, 1.54) is 0 Å². The van der Waals surface area contributed by atoms with Gasteiger partial charge in [0.25, 0.3) is 0 Å². The second kappa shape index (κ2) is 2.48. The summed E-state index contributed by atoms with van der Waals surface area (Å²) in [5.41, 5.74) is -0.170. The number of epoxide rings is 1. The van der Waals surface area contributed by atoms with E-state index in [0.29, 0.717) is 18.7 Å². The third-order valence-corrected chi connectivity index (χ3v) is 1.70. The Bertz CT molecular complexity index is 297. The average molecular weight is 174 g/mol. The van der Waals surface area contributed by atoms with Crippen molar-refractivity contribution in [2.45, 2.75) is 6.10 Å². The Kier molecular flexibility index (Phi) is 1.58. The molecular formula is C8H5F3O. The monoisotopic (exact) mass is 174 g/mol. The molecule has 1 aromatic rings. The molecule has 0 bridgehead atoms. The lowest BCUT2D eigenvalue weighted by molar-refractivity contribution is 0.396. The zero-order valence-corrected chi connectivity index (χ0v) is 5.98. The van der Waals surface area contributed by atoms with Crippen LogP contribution in [0.4, 0.5) is 13.2 Å². The van der Waals surface area contributed by atoms with Crippen LogP contribution >= 0.6 is 0 Å². The standard InChI is InChI=1S/C8H5F3O/c9-4-1-5(10)8(6(11)2-4)7-3-12-7/h1-2,7H,3H2/t7-/m0/s1. The van der Waals surface area contributed by atoms with Gasteiger partial charge in [0.05, 0.1) is 12.2 Å².